The molecule has 2 heteroatoms. The third-order valence-corrected chi connectivity index (χ3v) is 3.26. The Balaban J connectivity index is 2.08. The zero-order valence-corrected chi connectivity index (χ0v) is 11.5. The second kappa shape index (κ2) is 5.89. The van der Waals surface area contributed by atoms with Crippen LogP contribution in [0, 0.1) is 0 Å². The monoisotopic (exact) mass is 256 g/mol. The van der Waals surface area contributed by atoms with E-state index in [0.29, 0.717) is 6.61 Å². The van der Waals surface area contributed by atoms with Gasteiger partial charge in [-0.05, 0) is 23.3 Å². The number of hydrogen-bond acceptors (Lipinski definition) is 2. The second-order valence-electron chi connectivity index (χ2n) is 5.34. The van der Waals surface area contributed by atoms with Gasteiger partial charge in [-0.1, -0.05) is 56.3 Å². The summed E-state index contributed by atoms with van der Waals surface area (Å²) in [6.45, 7) is 4.71. The Hall–Kier alpha value is -1.80. The van der Waals surface area contributed by atoms with Gasteiger partial charge < -0.3 is 9.84 Å². The predicted octanol–water partition coefficient (Wildman–Crippen LogP) is 3.54. The van der Waals surface area contributed by atoms with Crippen molar-refractivity contribution < 1.29 is 9.84 Å². The molecule has 0 bridgehead atoms. The van der Waals surface area contributed by atoms with Crippen LogP contribution in [-0.4, -0.2) is 11.7 Å². The van der Waals surface area contributed by atoms with Crippen molar-refractivity contribution in [2.24, 2.45) is 0 Å². The van der Waals surface area contributed by atoms with E-state index in [-0.39, 0.29) is 12.0 Å². The maximum absolute atomic E-state index is 9.41. The Bertz CT molecular complexity index is 518. The Morgan fingerprint density at radius 3 is 2.42 bits per heavy atom. The molecule has 0 saturated carbocycles. The molecule has 0 heterocycles. The Kier molecular flexibility index (Phi) is 4.23. The van der Waals surface area contributed by atoms with E-state index in [1.807, 2.05) is 68.4 Å². The van der Waals surface area contributed by atoms with Gasteiger partial charge in [0, 0.05) is 5.41 Å². The van der Waals surface area contributed by atoms with E-state index in [1.165, 1.54) is 0 Å². The van der Waals surface area contributed by atoms with Crippen molar-refractivity contribution in [2.75, 3.05) is 6.61 Å². The first-order chi connectivity index (χ1) is 9.12. The molecule has 2 aromatic carbocycles. The average Bonchev–Trinajstić information content (AvgIpc) is 2.46. The minimum absolute atomic E-state index is 0.120. The highest BCUT2D eigenvalue weighted by Crippen LogP contribution is 2.26. The predicted molar refractivity (Wildman–Crippen MR) is 77.3 cm³/mol. The molecule has 0 radical (unpaired) electrons. The summed E-state index contributed by atoms with van der Waals surface area (Å²) in [5, 5.41) is 9.41. The van der Waals surface area contributed by atoms with Gasteiger partial charge in [0.25, 0.3) is 0 Å². The van der Waals surface area contributed by atoms with Crippen molar-refractivity contribution in [3.8, 4) is 5.75 Å². The minimum Gasteiger partial charge on any atom is -0.489 e. The molecule has 0 saturated heterocycles. The first-order valence-corrected chi connectivity index (χ1v) is 6.50. The summed E-state index contributed by atoms with van der Waals surface area (Å²) < 4.78 is 5.79. The van der Waals surface area contributed by atoms with Gasteiger partial charge in [-0.3, -0.25) is 0 Å². The number of rotatable bonds is 5. The molecule has 0 amide bonds. The molecule has 19 heavy (non-hydrogen) atoms. The highest BCUT2D eigenvalue weighted by atomic mass is 16.5. The fourth-order valence-electron chi connectivity index (χ4n) is 1.84. The van der Waals surface area contributed by atoms with Crippen LogP contribution in [0.2, 0.25) is 0 Å². The summed E-state index contributed by atoms with van der Waals surface area (Å²) in [4.78, 5) is 0. The molecule has 2 rings (SSSR count). The molecular weight excluding hydrogens is 236 g/mol. The molecule has 0 aliphatic carbocycles. The Labute approximate surface area is 114 Å². The molecule has 2 nitrogen and oxygen atoms in total. The smallest absolute Gasteiger partial charge is 0.120 e. The van der Waals surface area contributed by atoms with Gasteiger partial charge in [0.05, 0.1) is 6.61 Å². The number of aliphatic hydroxyl groups is 1. The van der Waals surface area contributed by atoms with Gasteiger partial charge in [-0.2, -0.15) is 0 Å². The summed E-state index contributed by atoms with van der Waals surface area (Å²) in [6, 6.07) is 18.0. The lowest BCUT2D eigenvalue weighted by molar-refractivity contribution is 0.218. The number of aliphatic hydroxyl groups excluding tert-OH is 1. The topological polar surface area (TPSA) is 29.5 Å². The molecule has 0 aromatic heterocycles. The molecule has 0 aliphatic rings. The van der Waals surface area contributed by atoms with E-state index in [1.54, 1.807) is 0 Å². The fraction of sp³-hybridized carbons (Fsp3) is 0.294. The maximum Gasteiger partial charge on any atom is 0.120 e. The summed E-state index contributed by atoms with van der Waals surface area (Å²) in [6.07, 6.45) is 0. The van der Waals surface area contributed by atoms with Crippen LogP contribution < -0.4 is 4.74 Å². The van der Waals surface area contributed by atoms with E-state index < -0.39 is 0 Å². The van der Waals surface area contributed by atoms with E-state index in [9.17, 15) is 5.11 Å². The lowest BCUT2D eigenvalue weighted by Gasteiger charge is -2.22. The third-order valence-electron chi connectivity index (χ3n) is 3.26. The van der Waals surface area contributed by atoms with Gasteiger partial charge in [0.1, 0.15) is 12.4 Å². The zero-order chi connectivity index (χ0) is 13.7. The number of benzene rings is 2. The summed E-state index contributed by atoms with van der Waals surface area (Å²) in [5.74, 6) is 0.836. The van der Waals surface area contributed by atoms with Crippen LogP contribution in [0.4, 0.5) is 0 Å². The average molecular weight is 256 g/mol. The van der Waals surface area contributed by atoms with Crippen molar-refractivity contribution >= 4 is 0 Å². The lowest BCUT2D eigenvalue weighted by Crippen LogP contribution is -2.21. The molecule has 100 valence electrons. The summed E-state index contributed by atoms with van der Waals surface area (Å²) in [5.41, 5.74) is 1.99. The van der Waals surface area contributed by atoms with E-state index >= 15 is 0 Å². The van der Waals surface area contributed by atoms with E-state index in [0.717, 1.165) is 16.9 Å². The molecule has 2 aromatic rings. The van der Waals surface area contributed by atoms with Crippen LogP contribution in [0.15, 0.2) is 54.6 Å². The Morgan fingerprint density at radius 1 is 1.00 bits per heavy atom. The van der Waals surface area contributed by atoms with Crippen LogP contribution in [0.5, 0.6) is 5.75 Å². The van der Waals surface area contributed by atoms with Gasteiger partial charge in [0.2, 0.25) is 0 Å². The first kappa shape index (κ1) is 13.6. The normalized spacial score (nSPS) is 11.3. The molecule has 0 aliphatic heterocycles. The minimum atomic E-state index is -0.244. The molecule has 1 N–H and O–H groups in total. The highest BCUT2D eigenvalue weighted by Gasteiger charge is 2.19. The third kappa shape index (κ3) is 3.58. The molecule has 0 atom stereocenters. The summed E-state index contributed by atoms with van der Waals surface area (Å²) >= 11 is 0. The van der Waals surface area contributed by atoms with Crippen LogP contribution in [0.1, 0.15) is 25.0 Å². The van der Waals surface area contributed by atoms with Crippen molar-refractivity contribution in [3.63, 3.8) is 0 Å². The molecular formula is C17H20O2. The Morgan fingerprint density at radius 2 is 1.74 bits per heavy atom. The SMILES string of the molecule is CC(C)(CO)c1cccc(OCc2ccccc2)c1. The molecule has 0 spiro atoms. The molecule has 0 unspecified atom stereocenters. The fourth-order valence-corrected chi connectivity index (χ4v) is 1.84. The largest absolute Gasteiger partial charge is 0.489 e. The molecule has 0 fully saturated rings. The van der Waals surface area contributed by atoms with E-state index in [4.69, 9.17) is 4.74 Å². The van der Waals surface area contributed by atoms with Gasteiger partial charge >= 0.3 is 0 Å². The van der Waals surface area contributed by atoms with Gasteiger partial charge in [0.15, 0.2) is 0 Å². The lowest BCUT2D eigenvalue weighted by atomic mass is 9.85. The highest BCUT2D eigenvalue weighted by molar-refractivity contribution is 5.33. The summed E-state index contributed by atoms with van der Waals surface area (Å²) in [7, 11) is 0. The zero-order valence-electron chi connectivity index (χ0n) is 11.5. The van der Waals surface area contributed by atoms with Crippen molar-refractivity contribution in [1.82, 2.24) is 0 Å². The van der Waals surface area contributed by atoms with Crippen LogP contribution in [-0.2, 0) is 12.0 Å². The quantitative estimate of drug-likeness (QED) is 0.886. The van der Waals surface area contributed by atoms with Gasteiger partial charge in [-0.25, -0.2) is 0 Å². The van der Waals surface area contributed by atoms with Crippen molar-refractivity contribution in [2.45, 2.75) is 25.9 Å². The standard InChI is InChI=1S/C17H20O2/c1-17(2,13-18)15-9-6-10-16(11-15)19-12-14-7-4-3-5-8-14/h3-11,18H,12-13H2,1-2H3. The van der Waals surface area contributed by atoms with Crippen molar-refractivity contribution in [1.29, 1.82) is 0 Å². The van der Waals surface area contributed by atoms with Crippen molar-refractivity contribution in [3.05, 3.63) is 65.7 Å². The number of hydrogen-bond donors (Lipinski definition) is 1. The number of ether oxygens (including phenoxy) is 1. The van der Waals surface area contributed by atoms with Crippen LogP contribution in [0.3, 0.4) is 0 Å². The maximum atomic E-state index is 9.41. The van der Waals surface area contributed by atoms with Crippen LogP contribution in [0.25, 0.3) is 0 Å². The van der Waals surface area contributed by atoms with Crippen LogP contribution >= 0.6 is 0 Å². The van der Waals surface area contributed by atoms with E-state index in [2.05, 4.69) is 0 Å². The first-order valence-electron chi connectivity index (χ1n) is 6.50. The van der Waals surface area contributed by atoms with Gasteiger partial charge in [-0.15, -0.1) is 0 Å². The second-order valence-corrected chi connectivity index (χ2v) is 5.34.